The van der Waals surface area contributed by atoms with Crippen LogP contribution in [0.3, 0.4) is 0 Å². The van der Waals surface area contributed by atoms with E-state index in [1.54, 1.807) is 0 Å². The highest BCUT2D eigenvalue weighted by Crippen LogP contribution is 2.30. The van der Waals surface area contributed by atoms with E-state index in [0.717, 1.165) is 22.4 Å². The summed E-state index contributed by atoms with van der Waals surface area (Å²) in [5.74, 6) is -1.06. The van der Waals surface area contributed by atoms with Crippen LogP contribution in [0.15, 0.2) is 30.3 Å². The summed E-state index contributed by atoms with van der Waals surface area (Å²) < 4.78 is 26.2. The minimum Gasteiger partial charge on any atom is -0.315 e. The van der Waals surface area contributed by atoms with Crippen molar-refractivity contribution in [2.24, 2.45) is 0 Å². The molecule has 0 atom stereocenters. The number of hydrogen-bond acceptors (Lipinski definition) is 2. The molecule has 0 unspecified atom stereocenters. The average molecular weight is 239 g/mol. The van der Waals surface area contributed by atoms with Crippen molar-refractivity contribution in [2.75, 3.05) is 7.05 Å². The van der Waals surface area contributed by atoms with Crippen LogP contribution in [0.4, 0.5) is 8.78 Å². The second-order valence-electron chi connectivity index (χ2n) is 3.42. The largest absolute Gasteiger partial charge is 0.315 e. The van der Waals surface area contributed by atoms with Gasteiger partial charge in [-0.2, -0.15) is 0 Å². The molecule has 0 saturated heterocycles. The van der Waals surface area contributed by atoms with Gasteiger partial charge in [-0.1, -0.05) is 0 Å². The van der Waals surface area contributed by atoms with E-state index >= 15 is 0 Å². The van der Waals surface area contributed by atoms with Crippen molar-refractivity contribution in [1.29, 1.82) is 0 Å². The lowest BCUT2D eigenvalue weighted by molar-refractivity contribution is 0.586. The fourth-order valence-electron chi connectivity index (χ4n) is 1.48. The predicted octanol–water partition coefficient (Wildman–Crippen LogP) is 3.41. The molecule has 0 aliphatic rings. The molecule has 16 heavy (non-hydrogen) atoms. The summed E-state index contributed by atoms with van der Waals surface area (Å²) >= 11 is 1.51. The van der Waals surface area contributed by atoms with E-state index in [0.29, 0.717) is 5.56 Å². The molecule has 0 saturated carbocycles. The molecule has 1 aromatic carbocycles. The molecule has 2 aromatic rings. The molecule has 0 amide bonds. The molecular formula is C12H11F2NS. The number of nitrogens with one attached hydrogen (secondary N) is 1. The Hall–Kier alpha value is -1.26. The number of benzene rings is 1. The lowest BCUT2D eigenvalue weighted by Gasteiger charge is -1.99. The van der Waals surface area contributed by atoms with Gasteiger partial charge >= 0.3 is 0 Å². The van der Waals surface area contributed by atoms with E-state index in [1.165, 1.54) is 23.5 Å². The van der Waals surface area contributed by atoms with Crippen molar-refractivity contribution >= 4 is 11.3 Å². The quantitative estimate of drug-likeness (QED) is 0.865. The standard InChI is InChI=1S/C12H11F2NS/c1-15-7-9-3-5-12(16-9)10-4-2-8(13)6-11(10)14/h2-6,15H,7H2,1H3. The second kappa shape index (κ2) is 4.72. The van der Waals surface area contributed by atoms with Crippen LogP contribution in [0, 0.1) is 11.6 Å². The van der Waals surface area contributed by atoms with E-state index in [-0.39, 0.29) is 0 Å². The summed E-state index contributed by atoms with van der Waals surface area (Å²) in [5.41, 5.74) is 0.453. The molecule has 2 rings (SSSR count). The van der Waals surface area contributed by atoms with Gasteiger partial charge in [-0.15, -0.1) is 11.3 Å². The molecule has 0 aliphatic carbocycles. The van der Waals surface area contributed by atoms with Gasteiger partial charge in [0.1, 0.15) is 11.6 Å². The van der Waals surface area contributed by atoms with Gasteiger partial charge in [-0.25, -0.2) is 8.78 Å². The maximum Gasteiger partial charge on any atom is 0.134 e. The molecular weight excluding hydrogens is 228 g/mol. The van der Waals surface area contributed by atoms with E-state index in [2.05, 4.69) is 5.32 Å². The third-order valence-electron chi connectivity index (χ3n) is 2.21. The van der Waals surface area contributed by atoms with Gasteiger partial charge < -0.3 is 5.32 Å². The molecule has 1 N–H and O–H groups in total. The molecule has 0 bridgehead atoms. The average Bonchev–Trinajstić information content (AvgIpc) is 2.67. The first-order valence-corrected chi connectivity index (χ1v) is 5.71. The Bertz CT molecular complexity index is 494. The normalized spacial score (nSPS) is 10.7. The van der Waals surface area contributed by atoms with Crippen LogP contribution in [0.2, 0.25) is 0 Å². The Balaban J connectivity index is 2.35. The molecule has 0 radical (unpaired) electrons. The first-order chi connectivity index (χ1) is 7.70. The molecule has 1 heterocycles. The minimum absolute atomic E-state index is 0.453. The summed E-state index contributed by atoms with van der Waals surface area (Å²) in [6.07, 6.45) is 0. The molecule has 1 aromatic heterocycles. The number of halogens is 2. The third-order valence-corrected chi connectivity index (χ3v) is 3.33. The van der Waals surface area contributed by atoms with Gasteiger partial charge in [0.25, 0.3) is 0 Å². The maximum absolute atomic E-state index is 13.5. The Morgan fingerprint density at radius 1 is 1.19 bits per heavy atom. The van der Waals surface area contributed by atoms with Gasteiger partial charge in [0.2, 0.25) is 0 Å². The highest BCUT2D eigenvalue weighted by atomic mass is 32.1. The van der Waals surface area contributed by atoms with Crippen LogP contribution in [0.1, 0.15) is 4.88 Å². The molecule has 4 heteroatoms. The Labute approximate surface area is 96.7 Å². The highest BCUT2D eigenvalue weighted by molar-refractivity contribution is 7.15. The lowest BCUT2D eigenvalue weighted by Crippen LogP contribution is -2.02. The van der Waals surface area contributed by atoms with E-state index in [1.807, 2.05) is 19.2 Å². The van der Waals surface area contributed by atoms with Crippen LogP contribution in [-0.4, -0.2) is 7.05 Å². The number of rotatable bonds is 3. The first kappa shape index (κ1) is 11.2. The fraction of sp³-hybridized carbons (Fsp3) is 0.167. The monoisotopic (exact) mass is 239 g/mol. The van der Waals surface area contributed by atoms with Crippen molar-refractivity contribution in [3.05, 3.63) is 46.8 Å². The van der Waals surface area contributed by atoms with Gasteiger partial charge in [-0.05, 0) is 31.3 Å². The maximum atomic E-state index is 13.5. The van der Waals surface area contributed by atoms with Crippen LogP contribution >= 0.6 is 11.3 Å². The summed E-state index contributed by atoms with van der Waals surface area (Å²) in [6.45, 7) is 0.757. The van der Waals surface area contributed by atoms with E-state index < -0.39 is 11.6 Å². The van der Waals surface area contributed by atoms with Crippen LogP contribution in [0.25, 0.3) is 10.4 Å². The van der Waals surface area contributed by atoms with E-state index in [9.17, 15) is 8.78 Å². The third kappa shape index (κ3) is 2.28. The zero-order valence-corrected chi connectivity index (χ0v) is 9.57. The number of hydrogen-bond donors (Lipinski definition) is 1. The fourth-order valence-corrected chi connectivity index (χ4v) is 2.53. The zero-order chi connectivity index (χ0) is 11.5. The van der Waals surface area contributed by atoms with Gasteiger partial charge in [0, 0.05) is 27.9 Å². The smallest absolute Gasteiger partial charge is 0.134 e. The van der Waals surface area contributed by atoms with Crippen LogP contribution in [0.5, 0.6) is 0 Å². The van der Waals surface area contributed by atoms with Crippen molar-refractivity contribution in [2.45, 2.75) is 6.54 Å². The zero-order valence-electron chi connectivity index (χ0n) is 8.76. The van der Waals surface area contributed by atoms with Crippen molar-refractivity contribution < 1.29 is 8.78 Å². The molecule has 0 fully saturated rings. The molecule has 84 valence electrons. The molecule has 0 spiro atoms. The Morgan fingerprint density at radius 2 is 2.00 bits per heavy atom. The second-order valence-corrected chi connectivity index (χ2v) is 4.59. The highest BCUT2D eigenvalue weighted by Gasteiger charge is 2.08. The lowest BCUT2D eigenvalue weighted by atomic mass is 10.2. The Kier molecular flexibility index (Phi) is 3.31. The summed E-state index contributed by atoms with van der Waals surface area (Å²) in [4.78, 5) is 1.95. The Morgan fingerprint density at radius 3 is 2.69 bits per heavy atom. The summed E-state index contributed by atoms with van der Waals surface area (Å²) in [6, 6.07) is 7.45. The van der Waals surface area contributed by atoms with E-state index in [4.69, 9.17) is 0 Å². The minimum atomic E-state index is -0.548. The first-order valence-electron chi connectivity index (χ1n) is 4.89. The van der Waals surface area contributed by atoms with Crippen LogP contribution < -0.4 is 5.32 Å². The number of thiophene rings is 1. The van der Waals surface area contributed by atoms with Crippen molar-refractivity contribution in [1.82, 2.24) is 5.32 Å². The molecule has 0 aliphatic heterocycles. The van der Waals surface area contributed by atoms with Crippen molar-refractivity contribution in [3.8, 4) is 10.4 Å². The molecule has 1 nitrogen and oxygen atoms in total. The SMILES string of the molecule is CNCc1ccc(-c2ccc(F)cc2F)s1. The van der Waals surface area contributed by atoms with Gasteiger partial charge in [0.15, 0.2) is 0 Å². The summed E-state index contributed by atoms with van der Waals surface area (Å²) in [7, 11) is 1.86. The predicted molar refractivity (Wildman–Crippen MR) is 62.4 cm³/mol. The summed E-state index contributed by atoms with van der Waals surface area (Å²) in [5, 5.41) is 3.03. The van der Waals surface area contributed by atoms with Gasteiger partial charge in [-0.3, -0.25) is 0 Å². The van der Waals surface area contributed by atoms with Crippen LogP contribution in [-0.2, 0) is 6.54 Å². The van der Waals surface area contributed by atoms with Crippen molar-refractivity contribution in [3.63, 3.8) is 0 Å². The van der Waals surface area contributed by atoms with Gasteiger partial charge in [0.05, 0.1) is 0 Å². The topological polar surface area (TPSA) is 12.0 Å².